The van der Waals surface area contributed by atoms with E-state index in [0.29, 0.717) is 12.1 Å². The highest BCUT2D eigenvalue weighted by atomic mass is 16.7. The highest BCUT2D eigenvalue weighted by Gasteiger charge is 2.13. The number of hydrogen-bond acceptors (Lipinski definition) is 4. The Hall–Kier alpha value is -2.69. The van der Waals surface area contributed by atoms with E-state index >= 15 is 0 Å². The van der Waals surface area contributed by atoms with Crippen molar-refractivity contribution in [2.45, 2.75) is 6.42 Å². The van der Waals surface area contributed by atoms with Gasteiger partial charge in [0.15, 0.2) is 11.5 Å². The maximum absolute atomic E-state index is 12.0. The van der Waals surface area contributed by atoms with Gasteiger partial charge in [0, 0.05) is 12.1 Å². The van der Waals surface area contributed by atoms with E-state index in [9.17, 15) is 4.79 Å². The second-order valence-corrected chi connectivity index (χ2v) is 4.92. The van der Waals surface area contributed by atoms with Gasteiger partial charge in [-0.05, 0) is 48.4 Å². The van der Waals surface area contributed by atoms with E-state index in [-0.39, 0.29) is 12.7 Å². The molecule has 0 saturated heterocycles. The molecule has 0 unspecified atom stereocenters. The predicted octanol–water partition coefficient (Wildman–Crippen LogP) is 2.40. The number of hydrogen-bond donors (Lipinski definition) is 1. The molecule has 2 aromatic carbocycles. The van der Waals surface area contributed by atoms with Crippen LogP contribution in [0.25, 0.3) is 0 Å². The van der Waals surface area contributed by atoms with E-state index in [1.54, 1.807) is 31.4 Å². The number of amides is 1. The fourth-order valence-electron chi connectivity index (χ4n) is 2.26. The van der Waals surface area contributed by atoms with E-state index < -0.39 is 0 Å². The molecule has 114 valence electrons. The van der Waals surface area contributed by atoms with Crippen molar-refractivity contribution in [3.05, 3.63) is 53.6 Å². The lowest BCUT2D eigenvalue weighted by Gasteiger charge is -2.07. The largest absolute Gasteiger partial charge is 0.497 e. The molecule has 0 bridgehead atoms. The molecule has 1 aliphatic heterocycles. The second-order valence-electron chi connectivity index (χ2n) is 4.92. The van der Waals surface area contributed by atoms with Gasteiger partial charge in [-0.15, -0.1) is 0 Å². The maximum atomic E-state index is 12.0. The Morgan fingerprint density at radius 3 is 2.68 bits per heavy atom. The zero-order valence-electron chi connectivity index (χ0n) is 12.3. The Labute approximate surface area is 128 Å². The Morgan fingerprint density at radius 2 is 1.91 bits per heavy atom. The van der Waals surface area contributed by atoms with Gasteiger partial charge >= 0.3 is 0 Å². The first-order valence-electron chi connectivity index (χ1n) is 7.07. The number of methoxy groups -OCH3 is 1. The molecule has 5 nitrogen and oxygen atoms in total. The van der Waals surface area contributed by atoms with Crippen LogP contribution >= 0.6 is 0 Å². The van der Waals surface area contributed by atoms with Crippen molar-refractivity contribution < 1.29 is 19.0 Å². The van der Waals surface area contributed by atoms with Crippen LogP contribution in [0.1, 0.15) is 15.9 Å². The molecule has 1 N–H and O–H groups in total. The third-order valence-corrected chi connectivity index (χ3v) is 3.49. The van der Waals surface area contributed by atoms with E-state index in [2.05, 4.69) is 5.32 Å². The van der Waals surface area contributed by atoms with Crippen LogP contribution in [-0.2, 0) is 6.42 Å². The first-order chi connectivity index (χ1) is 10.8. The van der Waals surface area contributed by atoms with Crippen LogP contribution in [0.3, 0.4) is 0 Å². The average molecular weight is 299 g/mol. The first kappa shape index (κ1) is 14.3. The number of rotatable bonds is 5. The van der Waals surface area contributed by atoms with Gasteiger partial charge in [0.1, 0.15) is 5.75 Å². The van der Waals surface area contributed by atoms with Crippen molar-refractivity contribution in [2.75, 3.05) is 20.4 Å². The summed E-state index contributed by atoms with van der Waals surface area (Å²) in [5.41, 5.74) is 1.71. The van der Waals surface area contributed by atoms with E-state index in [0.717, 1.165) is 29.2 Å². The zero-order chi connectivity index (χ0) is 15.4. The second kappa shape index (κ2) is 6.39. The average Bonchev–Trinajstić information content (AvgIpc) is 3.02. The summed E-state index contributed by atoms with van der Waals surface area (Å²) in [6.45, 7) is 0.831. The third-order valence-electron chi connectivity index (χ3n) is 3.49. The summed E-state index contributed by atoms with van der Waals surface area (Å²) in [7, 11) is 1.60. The molecule has 3 rings (SSSR count). The molecule has 0 atom stereocenters. The quantitative estimate of drug-likeness (QED) is 0.921. The normalized spacial score (nSPS) is 12.0. The molecule has 1 amide bonds. The summed E-state index contributed by atoms with van der Waals surface area (Å²) in [6.07, 6.45) is 0.735. The monoisotopic (exact) mass is 299 g/mol. The molecule has 22 heavy (non-hydrogen) atoms. The van der Waals surface area contributed by atoms with Crippen LogP contribution in [0.5, 0.6) is 17.2 Å². The number of carbonyl (C=O) groups is 1. The number of ether oxygens (including phenoxy) is 3. The van der Waals surface area contributed by atoms with Crippen molar-refractivity contribution in [2.24, 2.45) is 0 Å². The van der Waals surface area contributed by atoms with Crippen molar-refractivity contribution in [3.8, 4) is 17.2 Å². The molecule has 0 aromatic heterocycles. The minimum Gasteiger partial charge on any atom is -0.497 e. The fraction of sp³-hybridized carbons (Fsp3) is 0.235. The highest BCUT2D eigenvalue weighted by Crippen LogP contribution is 2.32. The van der Waals surface area contributed by atoms with Gasteiger partial charge in [-0.3, -0.25) is 4.79 Å². The molecule has 2 aromatic rings. The van der Waals surface area contributed by atoms with Crippen molar-refractivity contribution in [1.82, 2.24) is 5.32 Å². The van der Waals surface area contributed by atoms with Gasteiger partial charge in [0.2, 0.25) is 6.79 Å². The molecule has 0 spiro atoms. The van der Waals surface area contributed by atoms with Crippen molar-refractivity contribution >= 4 is 5.91 Å². The van der Waals surface area contributed by atoms with Gasteiger partial charge in [0.25, 0.3) is 5.91 Å². The van der Waals surface area contributed by atoms with E-state index in [1.807, 2.05) is 18.2 Å². The minimum absolute atomic E-state index is 0.0941. The molecule has 5 heteroatoms. The number of carbonyl (C=O) groups excluding carboxylic acids is 1. The summed E-state index contributed by atoms with van der Waals surface area (Å²) in [5.74, 6) is 2.17. The van der Waals surface area contributed by atoms with Gasteiger partial charge in [-0.1, -0.05) is 6.07 Å². The number of fused-ring (bicyclic) bond motifs is 1. The summed E-state index contributed by atoms with van der Waals surface area (Å²) in [4.78, 5) is 12.0. The van der Waals surface area contributed by atoms with Gasteiger partial charge in [-0.25, -0.2) is 0 Å². The van der Waals surface area contributed by atoms with Crippen LogP contribution in [0.2, 0.25) is 0 Å². The number of benzene rings is 2. The molecular formula is C17H17NO4. The lowest BCUT2D eigenvalue weighted by Crippen LogP contribution is -2.25. The zero-order valence-corrected chi connectivity index (χ0v) is 12.3. The van der Waals surface area contributed by atoms with Crippen LogP contribution in [-0.4, -0.2) is 26.4 Å². The third kappa shape index (κ3) is 3.14. The lowest BCUT2D eigenvalue weighted by atomic mass is 10.1. The summed E-state index contributed by atoms with van der Waals surface area (Å²) >= 11 is 0. The molecule has 1 aliphatic rings. The van der Waals surface area contributed by atoms with Crippen LogP contribution in [0, 0.1) is 0 Å². The Balaban J connectivity index is 1.52. The summed E-state index contributed by atoms with van der Waals surface area (Å²) in [6, 6.07) is 12.8. The summed E-state index contributed by atoms with van der Waals surface area (Å²) in [5, 5.41) is 2.90. The van der Waals surface area contributed by atoms with E-state index in [4.69, 9.17) is 14.2 Å². The SMILES string of the molecule is COc1ccc(C(=O)NCCc2ccc3c(c2)OCO3)cc1. The molecule has 0 radical (unpaired) electrons. The van der Waals surface area contributed by atoms with Crippen LogP contribution in [0.4, 0.5) is 0 Å². The fourth-order valence-corrected chi connectivity index (χ4v) is 2.26. The molecular weight excluding hydrogens is 282 g/mol. The molecule has 1 heterocycles. The van der Waals surface area contributed by atoms with Gasteiger partial charge in [0.05, 0.1) is 7.11 Å². The van der Waals surface area contributed by atoms with Crippen molar-refractivity contribution in [1.29, 1.82) is 0 Å². The Bertz CT molecular complexity index is 667. The highest BCUT2D eigenvalue weighted by molar-refractivity contribution is 5.94. The standard InChI is InChI=1S/C17H17NO4/c1-20-14-5-3-13(4-6-14)17(19)18-9-8-12-2-7-15-16(10-12)22-11-21-15/h2-7,10H,8-9,11H2,1H3,(H,18,19). The topological polar surface area (TPSA) is 56.8 Å². The van der Waals surface area contributed by atoms with Crippen LogP contribution in [0.15, 0.2) is 42.5 Å². The molecule has 0 aliphatic carbocycles. The van der Waals surface area contributed by atoms with E-state index in [1.165, 1.54) is 0 Å². The Morgan fingerprint density at radius 1 is 1.14 bits per heavy atom. The Kier molecular flexibility index (Phi) is 4.14. The maximum Gasteiger partial charge on any atom is 0.251 e. The molecule has 0 saturated carbocycles. The minimum atomic E-state index is -0.0941. The van der Waals surface area contributed by atoms with Crippen molar-refractivity contribution in [3.63, 3.8) is 0 Å². The van der Waals surface area contributed by atoms with Gasteiger partial charge in [-0.2, -0.15) is 0 Å². The predicted molar refractivity (Wildman–Crippen MR) is 81.6 cm³/mol. The smallest absolute Gasteiger partial charge is 0.251 e. The lowest BCUT2D eigenvalue weighted by molar-refractivity contribution is 0.0954. The van der Waals surface area contributed by atoms with Gasteiger partial charge < -0.3 is 19.5 Å². The number of nitrogens with one attached hydrogen (secondary N) is 1. The first-order valence-corrected chi connectivity index (χ1v) is 7.07. The van der Waals surface area contributed by atoms with Crippen LogP contribution < -0.4 is 19.5 Å². The molecule has 0 fully saturated rings. The summed E-state index contributed by atoms with van der Waals surface area (Å²) < 4.78 is 15.7.